The zero-order valence-corrected chi connectivity index (χ0v) is 11.9. The van der Waals surface area contributed by atoms with Crippen LogP contribution in [-0.4, -0.2) is 30.1 Å². The highest BCUT2D eigenvalue weighted by atomic mass is 16.1. The van der Waals surface area contributed by atoms with Gasteiger partial charge in [-0.15, -0.1) is 12.3 Å². The van der Waals surface area contributed by atoms with E-state index in [0.29, 0.717) is 12.6 Å². The Hall–Kier alpha value is -1.73. The van der Waals surface area contributed by atoms with Crippen LogP contribution in [0.1, 0.15) is 48.6 Å². The third kappa shape index (κ3) is 3.88. The number of terminal acetylenes is 1. The van der Waals surface area contributed by atoms with E-state index in [4.69, 9.17) is 6.42 Å². The van der Waals surface area contributed by atoms with Crippen molar-refractivity contribution in [2.75, 3.05) is 19.6 Å². The summed E-state index contributed by atoms with van der Waals surface area (Å²) in [5.41, 5.74) is 0.772. The minimum absolute atomic E-state index is 0.0224. The molecule has 1 aliphatic rings. The highest BCUT2D eigenvalue weighted by Crippen LogP contribution is 2.21. The second kappa shape index (κ2) is 7.76. The molecular weight excluding hydrogens is 250 g/mol. The molecule has 1 aliphatic heterocycles. The van der Waals surface area contributed by atoms with Crippen molar-refractivity contribution in [1.82, 2.24) is 15.2 Å². The van der Waals surface area contributed by atoms with E-state index in [1.807, 2.05) is 18.3 Å². The largest absolute Gasteiger partial charge is 0.351 e. The summed E-state index contributed by atoms with van der Waals surface area (Å²) in [6, 6.07) is 4.29. The maximum Gasteiger partial charge on any atom is 0.267 e. The molecule has 2 heterocycles. The van der Waals surface area contributed by atoms with E-state index in [-0.39, 0.29) is 5.91 Å². The predicted molar refractivity (Wildman–Crippen MR) is 80.6 cm³/mol. The Bertz CT molecular complexity index is 466. The molecule has 4 heteroatoms. The Kier molecular flexibility index (Phi) is 5.69. The summed E-state index contributed by atoms with van der Waals surface area (Å²) in [7, 11) is 0. The lowest BCUT2D eigenvalue weighted by Gasteiger charge is -2.25. The highest BCUT2D eigenvalue weighted by Gasteiger charge is 2.19. The second-order valence-corrected chi connectivity index (χ2v) is 5.20. The number of amides is 1. The number of aromatic nitrogens is 1. The molecule has 0 aliphatic carbocycles. The third-order valence-electron chi connectivity index (χ3n) is 3.75. The number of rotatable bonds is 6. The summed E-state index contributed by atoms with van der Waals surface area (Å²) >= 11 is 0. The number of carbonyl (C=O) groups excluding carboxylic acids is 1. The quantitative estimate of drug-likeness (QED) is 0.614. The summed E-state index contributed by atoms with van der Waals surface area (Å²) in [6.45, 7) is 2.74. The molecule has 2 N–H and O–H groups in total. The summed E-state index contributed by atoms with van der Waals surface area (Å²) in [4.78, 5) is 12.2. The molecule has 4 nitrogen and oxygen atoms in total. The zero-order chi connectivity index (χ0) is 14.2. The van der Waals surface area contributed by atoms with Crippen molar-refractivity contribution in [2.45, 2.75) is 38.1 Å². The molecule has 2 rings (SSSR count). The Morgan fingerprint density at radius 2 is 2.25 bits per heavy atom. The lowest BCUT2D eigenvalue weighted by atomic mass is 10.1. The number of nitrogens with zero attached hydrogens (tertiary/aromatic N) is 1. The molecule has 0 radical (unpaired) electrons. The Morgan fingerprint density at radius 1 is 1.45 bits per heavy atom. The molecule has 0 spiro atoms. The summed E-state index contributed by atoms with van der Waals surface area (Å²) in [6.07, 6.45) is 12.1. The van der Waals surface area contributed by atoms with Gasteiger partial charge in [0.25, 0.3) is 5.91 Å². The van der Waals surface area contributed by atoms with Gasteiger partial charge in [0.2, 0.25) is 0 Å². The summed E-state index contributed by atoms with van der Waals surface area (Å²) < 4.78 is 2.12. The average molecular weight is 273 g/mol. The first-order valence-corrected chi connectivity index (χ1v) is 7.42. The van der Waals surface area contributed by atoms with E-state index in [9.17, 15) is 4.79 Å². The van der Waals surface area contributed by atoms with Crippen LogP contribution in [0.5, 0.6) is 0 Å². The van der Waals surface area contributed by atoms with E-state index in [1.165, 1.54) is 0 Å². The van der Waals surface area contributed by atoms with Crippen LogP contribution in [0.3, 0.4) is 0 Å². The van der Waals surface area contributed by atoms with Gasteiger partial charge < -0.3 is 15.2 Å². The maximum absolute atomic E-state index is 12.2. The highest BCUT2D eigenvalue weighted by molar-refractivity contribution is 5.92. The van der Waals surface area contributed by atoms with E-state index < -0.39 is 0 Å². The van der Waals surface area contributed by atoms with Gasteiger partial charge in [0.1, 0.15) is 5.69 Å². The van der Waals surface area contributed by atoms with Crippen LogP contribution in [-0.2, 0) is 0 Å². The van der Waals surface area contributed by atoms with Gasteiger partial charge in [-0.05, 0) is 50.9 Å². The van der Waals surface area contributed by atoms with Crippen molar-refractivity contribution in [2.24, 2.45) is 0 Å². The number of nitrogens with one attached hydrogen (secondary N) is 2. The van der Waals surface area contributed by atoms with Gasteiger partial charge in [0, 0.05) is 25.2 Å². The topological polar surface area (TPSA) is 46.1 Å². The van der Waals surface area contributed by atoms with Crippen LogP contribution in [0.2, 0.25) is 0 Å². The summed E-state index contributed by atoms with van der Waals surface area (Å²) in [5, 5.41) is 6.33. The Morgan fingerprint density at radius 3 is 3.00 bits per heavy atom. The van der Waals surface area contributed by atoms with Crippen molar-refractivity contribution in [3.8, 4) is 12.3 Å². The van der Waals surface area contributed by atoms with Gasteiger partial charge >= 0.3 is 0 Å². The van der Waals surface area contributed by atoms with E-state index in [0.717, 1.165) is 50.9 Å². The fraction of sp³-hybridized carbons (Fsp3) is 0.562. The van der Waals surface area contributed by atoms with Gasteiger partial charge in [-0.3, -0.25) is 4.79 Å². The maximum atomic E-state index is 12.2. The lowest BCUT2D eigenvalue weighted by Crippen LogP contribution is -2.32. The standard InChI is InChI=1S/C16H23N3O/c1-2-3-4-5-10-18-16(20)15-7-6-13-19(15)14-8-11-17-12-9-14/h1,6-7,13-14,17H,3-5,8-12H2,(H,18,20). The zero-order valence-electron chi connectivity index (χ0n) is 11.9. The van der Waals surface area contributed by atoms with E-state index in [1.54, 1.807) is 0 Å². The lowest BCUT2D eigenvalue weighted by molar-refractivity contribution is 0.0940. The molecule has 1 aromatic rings. The van der Waals surface area contributed by atoms with Gasteiger partial charge in [0.05, 0.1) is 0 Å². The van der Waals surface area contributed by atoms with Crippen LogP contribution < -0.4 is 10.6 Å². The smallest absolute Gasteiger partial charge is 0.267 e. The first-order chi connectivity index (χ1) is 9.83. The average Bonchev–Trinajstić information content (AvgIpc) is 2.97. The van der Waals surface area contributed by atoms with Gasteiger partial charge in [0.15, 0.2) is 0 Å². The molecule has 1 aromatic heterocycles. The molecule has 0 unspecified atom stereocenters. The Labute approximate surface area is 120 Å². The second-order valence-electron chi connectivity index (χ2n) is 5.20. The minimum atomic E-state index is 0.0224. The van der Waals surface area contributed by atoms with Gasteiger partial charge in [-0.25, -0.2) is 0 Å². The van der Waals surface area contributed by atoms with Crippen molar-refractivity contribution in [3.05, 3.63) is 24.0 Å². The van der Waals surface area contributed by atoms with Gasteiger partial charge in [-0.1, -0.05) is 0 Å². The van der Waals surface area contributed by atoms with E-state index in [2.05, 4.69) is 21.1 Å². The monoisotopic (exact) mass is 273 g/mol. The first kappa shape index (κ1) is 14.7. The number of carbonyl (C=O) groups is 1. The van der Waals surface area contributed by atoms with Crippen LogP contribution in [0.15, 0.2) is 18.3 Å². The SMILES string of the molecule is C#CCCCCNC(=O)c1cccn1C1CCNCC1. The molecule has 0 bridgehead atoms. The van der Waals surface area contributed by atoms with Crippen LogP contribution >= 0.6 is 0 Å². The van der Waals surface area contributed by atoms with Crippen LogP contribution in [0, 0.1) is 12.3 Å². The number of unbranched alkanes of at least 4 members (excludes halogenated alkanes) is 2. The van der Waals surface area contributed by atoms with Crippen molar-refractivity contribution in [3.63, 3.8) is 0 Å². The molecule has 0 saturated carbocycles. The molecule has 1 saturated heterocycles. The van der Waals surface area contributed by atoms with Crippen molar-refractivity contribution in [1.29, 1.82) is 0 Å². The summed E-state index contributed by atoms with van der Waals surface area (Å²) in [5.74, 6) is 2.64. The molecule has 20 heavy (non-hydrogen) atoms. The van der Waals surface area contributed by atoms with Crippen LogP contribution in [0.25, 0.3) is 0 Å². The molecule has 0 aromatic carbocycles. The number of hydrogen-bond acceptors (Lipinski definition) is 2. The fourth-order valence-corrected chi connectivity index (χ4v) is 2.63. The number of piperidine rings is 1. The Balaban J connectivity index is 1.87. The van der Waals surface area contributed by atoms with Crippen molar-refractivity contribution < 1.29 is 4.79 Å². The molecule has 1 fully saturated rings. The first-order valence-electron chi connectivity index (χ1n) is 7.42. The third-order valence-corrected chi connectivity index (χ3v) is 3.75. The molecule has 0 atom stereocenters. The molecule has 108 valence electrons. The van der Waals surface area contributed by atoms with E-state index >= 15 is 0 Å². The number of hydrogen-bond donors (Lipinski definition) is 2. The van der Waals surface area contributed by atoms with Crippen molar-refractivity contribution >= 4 is 5.91 Å². The minimum Gasteiger partial charge on any atom is -0.351 e. The fourth-order valence-electron chi connectivity index (χ4n) is 2.63. The molecular formula is C16H23N3O. The van der Waals surface area contributed by atoms with Crippen LogP contribution in [0.4, 0.5) is 0 Å². The molecule has 1 amide bonds. The normalized spacial score (nSPS) is 15.8. The van der Waals surface area contributed by atoms with Gasteiger partial charge in [-0.2, -0.15) is 0 Å². The predicted octanol–water partition coefficient (Wildman–Crippen LogP) is 1.95.